The van der Waals surface area contributed by atoms with Gasteiger partial charge in [-0.2, -0.15) is 9.61 Å². The third-order valence-corrected chi connectivity index (χ3v) is 5.22. The van der Waals surface area contributed by atoms with Crippen LogP contribution < -0.4 is 20.9 Å². The van der Waals surface area contributed by atoms with E-state index in [4.69, 9.17) is 5.73 Å². The number of hydrogen-bond acceptors (Lipinski definition) is 6. The van der Waals surface area contributed by atoms with Gasteiger partial charge in [-0.15, -0.1) is 0 Å². The Morgan fingerprint density at radius 1 is 0.897 bits per heavy atom. The van der Waals surface area contributed by atoms with E-state index in [1.807, 2.05) is 34.8 Å². The third kappa shape index (κ3) is 3.36. The van der Waals surface area contributed by atoms with Crippen molar-refractivity contribution < 1.29 is 0 Å². The van der Waals surface area contributed by atoms with Gasteiger partial charge in [-0.3, -0.25) is 4.90 Å². The van der Waals surface area contributed by atoms with Crippen LogP contribution in [0.25, 0.3) is 5.65 Å². The molecule has 1 aliphatic rings. The number of nitrogens with two attached hydrogens (primary N) is 1. The lowest BCUT2D eigenvalue weighted by Crippen LogP contribution is -2.43. The maximum absolute atomic E-state index is 6.09. The normalized spacial score (nSPS) is 14.3. The Kier molecular flexibility index (Phi) is 4.50. The predicted octanol–water partition coefficient (Wildman–Crippen LogP) is 3.19. The number of piperazine rings is 1. The van der Waals surface area contributed by atoms with E-state index in [0.717, 1.165) is 54.7 Å². The summed E-state index contributed by atoms with van der Waals surface area (Å²) in [7, 11) is 0. The third-order valence-electron chi connectivity index (χ3n) is 5.22. The first kappa shape index (κ1) is 17.5. The molecule has 2 aromatic heterocycles. The first-order valence-corrected chi connectivity index (χ1v) is 9.80. The van der Waals surface area contributed by atoms with E-state index in [-0.39, 0.29) is 0 Å². The summed E-state index contributed by atoms with van der Waals surface area (Å²) in [4.78, 5) is 8.96. The lowest BCUT2D eigenvalue weighted by molar-refractivity contribution is 0.589. The van der Waals surface area contributed by atoms with Crippen LogP contribution in [0, 0.1) is 0 Å². The molecule has 0 amide bonds. The molecule has 0 spiro atoms. The Hall–Kier alpha value is -3.58. The molecule has 3 heterocycles. The van der Waals surface area contributed by atoms with Crippen molar-refractivity contribution in [3.63, 3.8) is 0 Å². The molecular formula is C22H23N7. The van der Waals surface area contributed by atoms with Crippen LogP contribution in [0.4, 0.5) is 28.6 Å². The lowest BCUT2D eigenvalue weighted by atomic mass is 10.2. The highest BCUT2D eigenvalue weighted by atomic mass is 15.3. The number of benzene rings is 2. The smallest absolute Gasteiger partial charge is 0.157 e. The molecule has 146 valence electrons. The second-order valence-electron chi connectivity index (χ2n) is 7.09. The van der Waals surface area contributed by atoms with Crippen LogP contribution in [0.15, 0.2) is 73.1 Å². The van der Waals surface area contributed by atoms with Crippen LogP contribution in [-0.2, 0) is 0 Å². The number of fused-ring (bicyclic) bond motifs is 1. The van der Waals surface area contributed by atoms with Crippen molar-refractivity contribution >= 4 is 34.2 Å². The number of anilines is 5. The molecule has 1 fully saturated rings. The Balaban J connectivity index is 1.60. The van der Waals surface area contributed by atoms with Crippen LogP contribution in [0.3, 0.4) is 0 Å². The second-order valence-corrected chi connectivity index (χ2v) is 7.09. The van der Waals surface area contributed by atoms with E-state index in [1.165, 1.54) is 5.69 Å². The van der Waals surface area contributed by atoms with Crippen LogP contribution in [-0.4, -0.2) is 40.8 Å². The molecule has 7 heteroatoms. The maximum atomic E-state index is 6.09. The van der Waals surface area contributed by atoms with E-state index in [1.54, 1.807) is 12.4 Å². The number of nitrogens with one attached hydrogen (secondary N) is 1. The SMILES string of the molecule is Nc1cccc(N(c2ccc(N3CCNCC3)cc2)c2ccnc3ccnn23)c1. The zero-order valence-electron chi connectivity index (χ0n) is 16.1. The molecule has 7 nitrogen and oxygen atoms in total. The highest BCUT2D eigenvalue weighted by Gasteiger charge is 2.17. The molecule has 0 saturated carbocycles. The molecule has 1 saturated heterocycles. The molecule has 4 aromatic rings. The Bertz CT molecular complexity index is 1110. The monoisotopic (exact) mass is 385 g/mol. The molecule has 1 aliphatic heterocycles. The minimum absolute atomic E-state index is 0.718. The van der Waals surface area contributed by atoms with Crippen molar-refractivity contribution in [2.45, 2.75) is 0 Å². The topological polar surface area (TPSA) is 74.7 Å². The first-order valence-electron chi connectivity index (χ1n) is 9.80. The van der Waals surface area contributed by atoms with Gasteiger partial charge >= 0.3 is 0 Å². The van der Waals surface area contributed by atoms with Gasteiger partial charge < -0.3 is 16.0 Å². The van der Waals surface area contributed by atoms with Gasteiger partial charge in [-0.1, -0.05) is 6.07 Å². The van der Waals surface area contributed by atoms with Crippen molar-refractivity contribution in [2.75, 3.05) is 41.7 Å². The number of nitrogens with zero attached hydrogens (tertiary/aromatic N) is 5. The average molecular weight is 385 g/mol. The van der Waals surface area contributed by atoms with Gasteiger partial charge in [0.15, 0.2) is 5.65 Å². The van der Waals surface area contributed by atoms with Gasteiger partial charge in [0, 0.05) is 61.2 Å². The van der Waals surface area contributed by atoms with Gasteiger partial charge in [-0.25, -0.2) is 4.98 Å². The second kappa shape index (κ2) is 7.44. The van der Waals surface area contributed by atoms with E-state index in [9.17, 15) is 0 Å². The van der Waals surface area contributed by atoms with E-state index >= 15 is 0 Å². The summed E-state index contributed by atoms with van der Waals surface area (Å²) >= 11 is 0. The van der Waals surface area contributed by atoms with E-state index in [2.05, 4.69) is 55.5 Å². The molecule has 0 bridgehead atoms. The largest absolute Gasteiger partial charge is 0.399 e. The van der Waals surface area contributed by atoms with Crippen molar-refractivity contribution in [3.8, 4) is 0 Å². The van der Waals surface area contributed by atoms with Gasteiger partial charge in [0.2, 0.25) is 0 Å². The maximum Gasteiger partial charge on any atom is 0.157 e. The standard InChI is InChI=1S/C22H23N7/c23-17-2-1-3-20(16-17)28(22-9-10-25-21-8-11-26-29(21)22)19-6-4-18(5-7-19)27-14-12-24-13-15-27/h1-11,16,24H,12-15,23H2. The number of rotatable bonds is 4. The molecule has 2 aromatic carbocycles. The number of nitrogen functional groups attached to an aromatic ring is 1. The minimum atomic E-state index is 0.718. The molecule has 0 aliphatic carbocycles. The van der Waals surface area contributed by atoms with Gasteiger partial charge in [0.1, 0.15) is 5.82 Å². The van der Waals surface area contributed by atoms with Crippen molar-refractivity contribution in [1.29, 1.82) is 0 Å². The Labute approximate surface area is 169 Å². The highest BCUT2D eigenvalue weighted by molar-refractivity contribution is 5.77. The van der Waals surface area contributed by atoms with Gasteiger partial charge in [0.25, 0.3) is 0 Å². The van der Waals surface area contributed by atoms with Crippen LogP contribution in [0.1, 0.15) is 0 Å². The summed E-state index contributed by atoms with van der Waals surface area (Å²) in [6.45, 7) is 4.09. The van der Waals surface area contributed by atoms with E-state index in [0.29, 0.717) is 0 Å². The lowest BCUT2D eigenvalue weighted by Gasteiger charge is -2.30. The predicted molar refractivity (Wildman–Crippen MR) is 117 cm³/mol. The van der Waals surface area contributed by atoms with Crippen molar-refractivity contribution in [2.24, 2.45) is 0 Å². The average Bonchev–Trinajstić information content (AvgIpc) is 3.25. The van der Waals surface area contributed by atoms with Gasteiger partial charge in [0.05, 0.1) is 6.20 Å². The fourth-order valence-corrected chi connectivity index (χ4v) is 3.80. The fourth-order valence-electron chi connectivity index (χ4n) is 3.80. The number of aromatic nitrogens is 3. The molecule has 29 heavy (non-hydrogen) atoms. The summed E-state index contributed by atoms with van der Waals surface area (Å²) < 4.78 is 1.84. The molecule has 0 atom stereocenters. The zero-order valence-corrected chi connectivity index (χ0v) is 16.1. The minimum Gasteiger partial charge on any atom is -0.399 e. The highest BCUT2D eigenvalue weighted by Crippen LogP contribution is 2.35. The van der Waals surface area contributed by atoms with E-state index < -0.39 is 0 Å². The summed E-state index contributed by atoms with van der Waals surface area (Å²) in [5, 5.41) is 7.87. The quantitative estimate of drug-likeness (QED) is 0.526. The molecule has 0 radical (unpaired) electrons. The van der Waals surface area contributed by atoms with Crippen LogP contribution >= 0.6 is 0 Å². The first-order chi connectivity index (χ1) is 14.3. The summed E-state index contributed by atoms with van der Waals surface area (Å²) in [5.41, 5.74) is 10.9. The Morgan fingerprint density at radius 2 is 1.72 bits per heavy atom. The Morgan fingerprint density at radius 3 is 2.52 bits per heavy atom. The fraction of sp³-hybridized carbons (Fsp3) is 0.182. The molecule has 5 rings (SSSR count). The summed E-state index contributed by atoms with van der Waals surface area (Å²) in [6.07, 6.45) is 3.57. The molecular weight excluding hydrogens is 362 g/mol. The van der Waals surface area contributed by atoms with Gasteiger partial charge in [-0.05, 0) is 48.5 Å². The summed E-state index contributed by atoms with van der Waals surface area (Å²) in [6, 6.07) is 20.4. The van der Waals surface area contributed by atoms with Crippen LogP contribution in [0.5, 0.6) is 0 Å². The summed E-state index contributed by atoms with van der Waals surface area (Å²) in [5.74, 6) is 0.903. The number of hydrogen-bond donors (Lipinski definition) is 2. The molecule has 0 unspecified atom stereocenters. The van der Waals surface area contributed by atoms with Crippen molar-refractivity contribution in [3.05, 3.63) is 73.1 Å². The zero-order chi connectivity index (χ0) is 19.6. The van der Waals surface area contributed by atoms with Crippen molar-refractivity contribution in [1.82, 2.24) is 19.9 Å². The van der Waals surface area contributed by atoms with Crippen LogP contribution in [0.2, 0.25) is 0 Å². The molecule has 3 N–H and O–H groups in total.